The van der Waals surface area contributed by atoms with Gasteiger partial charge in [-0.15, -0.1) is 0 Å². The second-order valence-electron chi connectivity index (χ2n) is 13.7. The van der Waals surface area contributed by atoms with Gasteiger partial charge in [0.2, 0.25) is 0 Å². The zero-order chi connectivity index (χ0) is 33.4. The predicted molar refractivity (Wildman–Crippen MR) is 200 cm³/mol. The molecule has 0 unspecified atom stereocenters. The van der Waals surface area contributed by atoms with E-state index in [9.17, 15) is 9.59 Å². The zero-order valence-corrected chi connectivity index (χ0v) is 30.2. The van der Waals surface area contributed by atoms with E-state index >= 15 is 0 Å². The topological polar surface area (TPSA) is 74.6 Å². The summed E-state index contributed by atoms with van der Waals surface area (Å²) in [6.07, 6.45) is 56.1. The Kier molecular flexibility index (Phi) is 37.8. The number of carbonyl (C=O) groups is 2. The molecule has 0 saturated heterocycles. The highest BCUT2D eigenvalue weighted by Crippen LogP contribution is 2.16. The van der Waals surface area contributed by atoms with Crippen molar-refractivity contribution in [1.82, 2.24) is 0 Å². The zero-order valence-electron chi connectivity index (χ0n) is 30.2. The Morgan fingerprint density at radius 3 is 0.587 bits per heavy atom. The quantitative estimate of drug-likeness (QED) is 0.0398. The van der Waals surface area contributed by atoms with Crippen LogP contribution in [-0.2, 0) is 9.59 Å². The van der Waals surface area contributed by atoms with Crippen molar-refractivity contribution in [1.29, 1.82) is 0 Å². The van der Waals surface area contributed by atoms with E-state index in [0.717, 1.165) is 25.7 Å². The van der Waals surface area contributed by atoms with Crippen LogP contribution in [0.25, 0.3) is 0 Å². The van der Waals surface area contributed by atoms with E-state index in [0.29, 0.717) is 0 Å². The number of carboxylic acids is 2. The number of carboxylic acid groups (broad SMARTS) is 2. The minimum atomic E-state index is -0.842. The molecule has 0 aromatic rings. The molecule has 0 fully saturated rings. The number of hydrogen-bond acceptors (Lipinski definition) is 2. The van der Waals surface area contributed by atoms with Gasteiger partial charge >= 0.3 is 11.9 Å². The normalized spacial score (nSPS) is 11.9. The molecular weight excluding hydrogens is 568 g/mol. The molecule has 4 heteroatoms. The largest absolute Gasteiger partial charge is 0.478 e. The Morgan fingerprint density at radius 1 is 0.261 bits per heavy atom. The van der Waals surface area contributed by atoms with Crippen molar-refractivity contribution in [3.63, 3.8) is 0 Å². The van der Waals surface area contributed by atoms with Crippen molar-refractivity contribution >= 4 is 11.9 Å². The van der Waals surface area contributed by atoms with Gasteiger partial charge in [-0.1, -0.05) is 191 Å². The molecule has 0 aliphatic rings. The molecule has 0 spiro atoms. The van der Waals surface area contributed by atoms with Crippen molar-refractivity contribution < 1.29 is 19.8 Å². The Morgan fingerprint density at radius 2 is 0.413 bits per heavy atom. The molecule has 0 atom stereocenters. The van der Waals surface area contributed by atoms with Crippen LogP contribution in [0.1, 0.15) is 218 Å². The standard InChI is InChI=1S/C42H76O4/c43-41(44)39-37-35-33-31-29-27-25-23-21-19-17-15-13-11-9-7-5-3-1-2-4-6-8-10-12-14-16-18-20-22-24-26-28-30-32-34-36-38-40-42(45)46/h21,23,37-40H,1-20,22,24-36H2,(H,43,44)(H,45,46). The molecule has 4 nitrogen and oxygen atoms in total. The van der Waals surface area contributed by atoms with Crippen LogP contribution in [0.3, 0.4) is 0 Å². The maximum Gasteiger partial charge on any atom is 0.327 e. The molecule has 0 aromatic heterocycles. The van der Waals surface area contributed by atoms with Gasteiger partial charge in [0.15, 0.2) is 0 Å². The van der Waals surface area contributed by atoms with Crippen molar-refractivity contribution in [3.8, 4) is 0 Å². The fraction of sp³-hybridized carbons (Fsp3) is 0.810. The van der Waals surface area contributed by atoms with Gasteiger partial charge < -0.3 is 10.2 Å². The third-order valence-corrected chi connectivity index (χ3v) is 9.17. The highest BCUT2D eigenvalue weighted by molar-refractivity contribution is 5.79. The summed E-state index contributed by atoms with van der Waals surface area (Å²) >= 11 is 0. The van der Waals surface area contributed by atoms with E-state index in [1.807, 2.05) is 0 Å². The van der Waals surface area contributed by atoms with E-state index in [1.54, 1.807) is 12.2 Å². The SMILES string of the molecule is O=C(O)C=CCCCCCCC=CCCCCCCCCCCCCCCCCCCCCCCCCCCCCC=CC(=O)O. The molecule has 0 aliphatic carbocycles. The molecule has 0 aromatic carbocycles. The average Bonchev–Trinajstić information content (AvgIpc) is 3.03. The first kappa shape index (κ1) is 44.2. The van der Waals surface area contributed by atoms with Gasteiger partial charge in [-0.3, -0.25) is 0 Å². The van der Waals surface area contributed by atoms with Gasteiger partial charge in [0, 0.05) is 12.2 Å². The number of hydrogen-bond donors (Lipinski definition) is 2. The Labute approximate surface area is 286 Å². The fourth-order valence-corrected chi connectivity index (χ4v) is 6.25. The highest BCUT2D eigenvalue weighted by Gasteiger charge is 1.97. The number of unbranched alkanes of at least 4 members (excludes halogenated alkanes) is 32. The van der Waals surface area contributed by atoms with E-state index in [1.165, 1.54) is 205 Å². The summed E-state index contributed by atoms with van der Waals surface area (Å²) in [5.74, 6) is -1.68. The molecule has 0 amide bonds. The maximum atomic E-state index is 10.4. The number of allylic oxidation sites excluding steroid dienone is 4. The predicted octanol–water partition coefficient (Wildman–Crippen LogP) is 14.1. The van der Waals surface area contributed by atoms with Crippen LogP contribution in [0, 0.1) is 0 Å². The van der Waals surface area contributed by atoms with Crippen LogP contribution in [0.4, 0.5) is 0 Å². The summed E-state index contributed by atoms with van der Waals surface area (Å²) < 4.78 is 0. The van der Waals surface area contributed by atoms with Gasteiger partial charge in [0.05, 0.1) is 0 Å². The molecule has 0 rings (SSSR count). The molecule has 46 heavy (non-hydrogen) atoms. The van der Waals surface area contributed by atoms with Crippen LogP contribution in [0.2, 0.25) is 0 Å². The molecule has 0 aliphatic heterocycles. The lowest BCUT2D eigenvalue weighted by Crippen LogP contribution is -1.86. The van der Waals surface area contributed by atoms with E-state index in [4.69, 9.17) is 10.2 Å². The van der Waals surface area contributed by atoms with Crippen LogP contribution < -0.4 is 0 Å². The summed E-state index contributed by atoms with van der Waals surface area (Å²) in [5, 5.41) is 17.1. The smallest absolute Gasteiger partial charge is 0.327 e. The lowest BCUT2D eigenvalue weighted by Gasteiger charge is -2.04. The third-order valence-electron chi connectivity index (χ3n) is 9.17. The van der Waals surface area contributed by atoms with Gasteiger partial charge in [-0.25, -0.2) is 9.59 Å². The number of aliphatic carboxylic acids is 2. The summed E-state index contributed by atoms with van der Waals surface area (Å²) in [4.78, 5) is 20.8. The van der Waals surface area contributed by atoms with Crippen LogP contribution in [0.15, 0.2) is 36.5 Å². The van der Waals surface area contributed by atoms with Crippen LogP contribution in [-0.4, -0.2) is 22.2 Å². The van der Waals surface area contributed by atoms with Crippen molar-refractivity contribution in [2.45, 2.75) is 218 Å². The van der Waals surface area contributed by atoms with Gasteiger partial charge in [-0.2, -0.15) is 0 Å². The summed E-state index contributed by atoms with van der Waals surface area (Å²) in [6.45, 7) is 0. The average molecular weight is 645 g/mol. The second kappa shape index (κ2) is 39.3. The van der Waals surface area contributed by atoms with E-state index < -0.39 is 11.9 Å². The van der Waals surface area contributed by atoms with E-state index in [2.05, 4.69) is 12.2 Å². The molecule has 0 radical (unpaired) electrons. The molecule has 268 valence electrons. The molecule has 0 saturated carbocycles. The Balaban J connectivity index is 3.11. The highest BCUT2D eigenvalue weighted by atomic mass is 16.4. The minimum Gasteiger partial charge on any atom is -0.478 e. The lowest BCUT2D eigenvalue weighted by molar-refractivity contribution is -0.132. The van der Waals surface area contributed by atoms with Crippen LogP contribution in [0.5, 0.6) is 0 Å². The number of rotatable bonds is 38. The van der Waals surface area contributed by atoms with Crippen LogP contribution >= 0.6 is 0 Å². The fourth-order valence-electron chi connectivity index (χ4n) is 6.25. The maximum absolute atomic E-state index is 10.4. The third kappa shape index (κ3) is 42.2. The first-order chi connectivity index (χ1) is 22.6. The molecular formula is C42H76O4. The van der Waals surface area contributed by atoms with E-state index in [-0.39, 0.29) is 0 Å². The first-order valence-corrected chi connectivity index (χ1v) is 20.1. The Bertz CT molecular complexity index is 723. The lowest BCUT2D eigenvalue weighted by atomic mass is 10.0. The second-order valence-corrected chi connectivity index (χ2v) is 13.7. The summed E-state index contributed by atoms with van der Waals surface area (Å²) in [6, 6.07) is 0. The van der Waals surface area contributed by atoms with Gasteiger partial charge in [0.25, 0.3) is 0 Å². The Hall–Kier alpha value is -1.84. The van der Waals surface area contributed by atoms with Gasteiger partial charge in [-0.05, 0) is 51.4 Å². The first-order valence-electron chi connectivity index (χ1n) is 20.1. The molecule has 2 N–H and O–H groups in total. The monoisotopic (exact) mass is 645 g/mol. The summed E-state index contributed by atoms with van der Waals surface area (Å²) in [7, 11) is 0. The minimum absolute atomic E-state index is 0.834. The van der Waals surface area contributed by atoms with Gasteiger partial charge in [0.1, 0.15) is 0 Å². The van der Waals surface area contributed by atoms with Crippen molar-refractivity contribution in [2.75, 3.05) is 0 Å². The molecule has 0 heterocycles. The molecule has 0 bridgehead atoms. The summed E-state index contributed by atoms with van der Waals surface area (Å²) in [5.41, 5.74) is 0. The van der Waals surface area contributed by atoms with Crippen molar-refractivity contribution in [3.05, 3.63) is 36.5 Å². The van der Waals surface area contributed by atoms with Crippen molar-refractivity contribution in [2.24, 2.45) is 0 Å².